The number of hydrogen-bond acceptors (Lipinski definition) is 4. The summed E-state index contributed by atoms with van der Waals surface area (Å²) in [5.41, 5.74) is 4.91. The average molecular weight is 258 g/mol. The third kappa shape index (κ3) is 7.27. The van der Waals surface area contributed by atoms with E-state index in [-0.39, 0.29) is 11.8 Å². The van der Waals surface area contributed by atoms with E-state index in [9.17, 15) is 9.59 Å². The van der Waals surface area contributed by atoms with Crippen LogP contribution in [0.1, 0.15) is 48.0 Å². The summed E-state index contributed by atoms with van der Waals surface area (Å²) < 4.78 is 5.29. The molecule has 5 heteroatoms. The molecule has 0 aromatic heterocycles. The molecule has 0 aliphatic rings. The molecule has 0 aromatic carbocycles. The summed E-state index contributed by atoms with van der Waals surface area (Å²) in [4.78, 5) is 23.5. The maximum absolute atomic E-state index is 12.0. The maximum atomic E-state index is 12.0. The molecular weight excluding hydrogens is 232 g/mol. The number of nitrogens with one attached hydrogen (secondary N) is 1. The number of ether oxygens (including phenoxy) is 1. The van der Waals surface area contributed by atoms with Crippen LogP contribution in [-0.4, -0.2) is 29.6 Å². The van der Waals surface area contributed by atoms with Gasteiger partial charge in [-0.15, -0.1) is 0 Å². The molecular formula is C13H26N2O3. The number of amides is 1. The first-order chi connectivity index (χ1) is 8.03. The van der Waals surface area contributed by atoms with Gasteiger partial charge in [-0.05, 0) is 40.0 Å². The molecule has 1 amide bonds. The SMILES string of the molecule is CC(C)CC(NC(=O)C(C)N)C(=O)OC(C)(C)C. The highest BCUT2D eigenvalue weighted by Gasteiger charge is 2.27. The van der Waals surface area contributed by atoms with Crippen LogP contribution in [0, 0.1) is 5.92 Å². The quantitative estimate of drug-likeness (QED) is 0.726. The van der Waals surface area contributed by atoms with Crippen LogP contribution in [0.2, 0.25) is 0 Å². The van der Waals surface area contributed by atoms with Crippen molar-refractivity contribution in [2.75, 3.05) is 0 Å². The lowest BCUT2D eigenvalue weighted by molar-refractivity contribution is -0.159. The van der Waals surface area contributed by atoms with Gasteiger partial charge in [-0.2, -0.15) is 0 Å². The van der Waals surface area contributed by atoms with E-state index >= 15 is 0 Å². The lowest BCUT2D eigenvalue weighted by atomic mass is 10.0. The number of carbonyl (C=O) groups is 2. The number of carbonyl (C=O) groups excluding carboxylic acids is 2. The molecule has 0 aromatic rings. The Morgan fingerprint density at radius 3 is 2.06 bits per heavy atom. The first-order valence-corrected chi connectivity index (χ1v) is 6.31. The molecule has 0 aliphatic carbocycles. The van der Waals surface area contributed by atoms with Crippen LogP contribution < -0.4 is 11.1 Å². The minimum atomic E-state index is -0.637. The first kappa shape index (κ1) is 16.9. The fraction of sp³-hybridized carbons (Fsp3) is 0.846. The second-order valence-electron chi connectivity index (χ2n) is 6.01. The average Bonchev–Trinajstić information content (AvgIpc) is 2.12. The molecule has 3 N–H and O–H groups in total. The molecule has 0 saturated heterocycles. The van der Waals surface area contributed by atoms with Crippen LogP contribution >= 0.6 is 0 Å². The third-order valence-corrected chi connectivity index (χ3v) is 2.13. The van der Waals surface area contributed by atoms with Crippen LogP contribution in [0.15, 0.2) is 0 Å². The van der Waals surface area contributed by atoms with Crippen molar-refractivity contribution >= 4 is 11.9 Å². The van der Waals surface area contributed by atoms with Gasteiger partial charge >= 0.3 is 5.97 Å². The molecule has 106 valence electrons. The van der Waals surface area contributed by atoms with Crippen molar-refractivity contribution in [3.63, 3.8) is 0 Å². The minimum absolute atomic E-state index is 0.274. The molecule has 2 unspecified atom stereocenters. The molecule has 5 nitrogen and oxygen atoms in total. The first-order valence-electron chi connectivity index (χ1n) is 6.31. The fourth-order valence-electron chi connectivity index (χ4n) is 1.36. The Morgan fingerprint density at radius 1 is 1.22 bits per heavy atom. The summed E-state index contributed by atoms with van der Waals surface area (Å²) in [5, 5.41) is 2.63. The zero-order valence-electron chi connectivity index (χ0n) is 12.2. The zero-order valence-corrected chi connectivity index (χ0v) is 12.2. The number of rotatable bonds is 5. The molecule has 0 rings (SSSR count). The Bertz CT molecular complexity index is 293. The van der Waals surface area contributed by atoms with Gasteiger partial charge in [-0.25, -0.2) is 4.79 Å². The summed E-state index contributed by atoms with van der Waals surface area (Å²) >= 11 is 0. The topological polar surface area (TPSA) is 81.4 Å². The third-order valence-electron chi connectivity index (χ3n) is 2.13. The van der Waals surface area contributed by atoms with Crippen LogP contribution in [0.5, 0.6) is 0 Å². The lowest BCUT2D eigenvalue weighted by Gasteiger charge is -2.26. The Morgan fingerprint density at radius 2 is 1.72 bits per heavy atom. The second kappa shape index (κ2) is 6.73. The van der Waals surface area contributed by atoms with E-state index in [2.05, 4.69) is 5.32 Å². The van der Waals surface area contributed by atoms with Gasteiger partial charge in [0.2, 0.25) is 5.91 Å². The van der Waals surface area contributed by atoms with Crippen molar-refractivity contribution < 1.29 is 14.3 Å². The molecule has 18 heavy (non-hydrogen) atoms. The van der Waals surface area contributed by atoms with Gasteiger partial charge in [0.05, 0.1) is 6.04 Å². The van der Waals surface area contributed by atoms with E-state index < -0.39 is 23.7 Å². The predicted octanol–water partition coefficient (Wildman–Crippen LogP) is 1.21. The molecule has 0 aliphatic heterocycles. The maximum Gasteiger partial charge on any atom is 0.329 e. The number of nitrogens with two attached hydrogens (primary N) is 1. The van der Waals surface area contributed by atoms with E-state index in [1.165, 1.54) is 0 Å². The predicted molar refractivity (Wildman–Crippen MR) is 70.9 cm³/mol. The van der Waals surface area contributed by atoms with E-state index in [4.69, 9.17) is 10.5 Å². The molecule has 0 radical (unpaired) electrons. The van der Waals surface area contributed by atoms with Crippen molar-refractivity contribution in [1.29, 1.82) is 0 Å². The zero-order chi connectivity index (χ0) is 14.5. The lowest BCUT2D eigenvalue weighted by Crippen LogP contribution is -2.49. The standard InChI is InChI=1S/C13H26N2O3/c1-8(2)7-10(15-11(16)9(3)14)12(17)18-13(4,5)6/h8-10H,7,14H2,1-6H3,(H,15,16). The Balaban J connectivity index is 4.67. The van der Waals surface area contributed by atoms with Crippen LogP contribution in [0.3, 0.4) is 0 Å². The largest absolute Gasteiger partial charge is 0.458 e. The summed E-state index contributed by atoms with van der Waals surface area (Å²) in [6, 6.07) is -1.27. The van der Waals surface area contributed by atoms with Gasteiger partial charge in [-0.3, -0.25) is 4.79 Å². The molecule has 0 bridgehead atoms. The highest BCUT2D eigenvalue weighted by atomic mass is 16.6. The Kier molecular flexibility index (Phi) is 6.32. The van der Waals surface area contributed by atoms with Gasteiger partial charge in [0.1, 0.15) is 11.6 Å². The Labute approximate surface area is 109 Å². The summed E-state index contributed by atoms with van der Waals surface area (Å²) in [7, 11) is 0. The van der Waals surface area contributed by atoms with Crippen molar-refractivity contribution in [1.82, 2.24) is 5.32 Å². The number of esters is 1. The molecule has 0 heterocycles. The highest BCUT2D eigenvalue weighted by Crippen LogP contribution is 2.12. The van der Waals surface area contributed by atoms with Crippen molar-refractivity contribution in [2.24, 2.45) is 11.7 Å². The van der Waals surface area contributed by atoms with Crippen molar-refractivity contribution in [3.8, 4) is 0 Å². The van der Waals surface area contributed by atoms with Gasteiger partial charge in [0.15, 0.2) is 0 Å². The highest BCUT2D eigenvalue weighted by molar-refractivity contribution is 5.87. The van der Waals surface area contributed by atoms with Crippen molar-refractivity contribution in [2.45, 2.75) is 65.6 Å². The van der Waals surface area contributed by atoms with Gasteiger partial charge in [0.25, 0.3) is 0 Å². The van der Waals surface area contributed by atoms with Crippen LogP contribution in [0.4, 0.5) is 0 Å². The Hall–Kier alpha value is -1.10. The number of hydrogen-bond donors (Lipinski definition) is 2. The minimum Gasteiger partial charge on any atom is -0.458 e. The second-order valence-corrected chi connectivity index (χ2v) is 6.01. The summed E-state index contributed by atoms with van der Waals surface area (Å²) in [6.45, 7) is 10.9. The molecule has 0 fully saturated rings. The van der Waals surface area contributed by atoms with E-state index in [0.717, 1.165) is 0 Å². The van der Waals surface area contributed by atoms with E-state index in [1.807, 2.05) is 13.8 Å². The molecule has 0 saturated carbocycles. The van der Waals surface area contributed by atoms with Crippen LogP contribution in [0.25, 0.3) is 0 Å². The van der Waals surface area contributed by atoms with E-state index in [0.29, 0.717) is 6.42 Å². The monoisotopic (exact) mass is 258 g/mol. The normalized spacial score (nSPS) is 15.1. The smallest absolute Gasteiger partial charge is 0.329 e. The van der Waals surface area contributed by atoms with Crippen LogP contribution in [-0.2, 0) is 14.3 Å². The van der Waals surface area contributed by atoms with Gasteiger partial charge in [-0.1, -0.05) is 13.8 Å². The summed E-state index contributed by atoms with van der Waals surface area (Å²) in [6.07, 6.45) is 0.535. The molecule has 2 atom stereocenters. The fourth-order valence-corrected chi connectivity index (χ4v) is 1.36. The van der Waals surface area contributed by atoms with Gasteiger partial charge < -0.3 is 15.8 Å². The van der Waals surface area contributed by atoms with Crippen molar-refractivity contribution in [3.05, 3.63) is 0 Å². The molecule has 0 spiro atoms. The summed E-state index contributed by atoms with van der Waals surface area (Å²) in [5.74, 6) is -0.479. The van der Waals surface area contributed by atoms with E-state index in [1.54, 1.807) is 27.7 Å². The van der Waals surface area contributed by atoms with Gasteiger partial charge in [0, 0.05) is 0 Å².